The normalized spacial score (nSPS) is 12.9. The Morgan fingerprint density at radius 3 is 1.20 bits per heavy atom. The summed E-state index contributed by atoms with van der Waals surface area (Å²) in [6.07, 6.45) is 61.3. The molecule has 1 atom stereocenters. The first-order valence-electron chi connectivity index (χ1n) is 23.7. The number of hydrogen-bond acceptors (Lipinski definition) is 6. The maximum Gasteiger partial charge on any atom is 0.310 e. The molecule has 0 saturated carbocycles. The van der Waals surface area contributed by atoms with Crippen molar-refractivity contribution in [2.45, 2.75) is 207 Å². The molecule has 0 aliphatic heterocycles. The highest BCUT2D eigenvalue weighted by molar-refractivity contribution is 5.72. The van der Waals surface area contributed by atoms with Crippen LogP contribution in [0.5, 0.6) is 0 Å². The van der Waals surface area contributed by atoms with Crippen LogP contribution in [0.4, 0.5) is 0 Å². The van der Waals surface area contributed by atoms with Crippen LogP contribution in [0.25, 0.3) is 0 Å². The molecular weight excluding hydrogens is 733 g/mol. The summed E-state index contributed by atoms with van der Waals surface area (Å²) in [5, 5.41) is 0. The van der Waals surface area contributed by atoms with Crippen LogP contribution in [-0.2, 0) is 28.6 Å². The lowest BCUT2D eigenvalue weighted by atomic mass is 10.1. The summed E-state index contributed by atoms with van der Waals surface area (Å²) < 4.78 is 16.6. The number of esters is 3. The van der Waals surface area contributed by atoms with Gasteiger partial charge in [0.1, 0.15) is 13.2 Å². The number of carbonyl (C=O) groups excluding carboxylic acids is 3. The fraction of sp³-hybridized carbons (Fsp3) is 0.642. The Balaban J connectivity index is 4.54. The lowest BCUT2D eigenvalue weighted by Gasteiger charge is -2.18. The number of unbranched alkanes of at least 4 members (excludes halogenated alkanes) is 15. The summed E-state index contributed by atoms with van der Waals surface area (Å²) in [5.41, 5.74) is 0. The first kappa shape index (κ1) is 55.3. The third-order valence-electron chi connectivity index (χ3n) is 9.56. The van der Waals surface area contributed by atoms with Crippen LogP contribution in [0.2, 0.25) is 0 Å². The van der Waals surface area contributed by atoms with Gasteiger partial charge in [0.15, 0.2) is 6.10 Å². The first-order valence-corrected chi connectivity index (χ1v) is 23.7. The van der Waals surface area contributed by atoms with Crippen molar-refractivity contribution in [2.24, 2.45) is 0 Å². The quantitative estimate of drug-likeness (QED) is 0.0265. The van der Waals surface area contributed by atoms with E-state index in [0.717, 1.165) is 109 Å². The van der Waals surface area contributed by atoms with Gasteiger partial charge in [-0.25, -0.2) is 0 Å². The zero-order valence-corrected chi connectivity index (χ0v) is 38.0. The molecule has 0 aliphatic carbocycles. The molecule has 0 amide bonds. The Kier molecular flexibility index (Phi) is 44.1. The molecule has 0 aromatic carbocycles. The average Bonchev–Trinajstić information content (AvgIpc) is 3.23. The molecule has 59 heavy (non-hydrogen) atoms. The SMILES string of the molecule is CC/C=C\C/C=C\C/C=C\C/C=C\C/C=C\CC(=O)OC(COC(=O)CCCCCCC/C=C\C/C=C\CCCCCC)COC(=O)CCCCCCC/C=C\CCC. The second kappa shape index (κ2) is 47.0. The highest BCUT2D eigenvalue weighted by Gasteiger charge is 2.19. The van der Waals surface area contributed by atoms with E-state index in [2.05, 4.69) is 106 Å². The minimum Gasteiger partial charge on any atom is -0.462 e. The van der Waals surface area contributed by atoms with E-state index in [0.29, 0.717) is 19.3 Å². The Bertz CT molecular complexity index is 1220. The van der Waals surface area contributed by atoms with Gasteiger partial charge in [-0.15, -0.1) is 0 Å². The largest absolute Gasteiger partial charge is 0.462 e. The van der Waals surface area contributed by atoms with E-state index < -0.39 is 12.1 Å². The minimum atomic E-state index is -0.840. The lowest BCUT2D eigenvalue weighted by molar-refractivity contribution is -0.166. The van der Waals surface area contributed by atoms with Gasteiger partial charge in [0.2, 0.25) is 0 Å². The molecular formula is C53H86O6. The molecule has 0 rings (SSSR count). The van der Waals surface area contributed by atoms with Gasteiger partial charge in [-0.1, -0.05) is 182 Å². The summed E-state index contributed by atoms with van der Waals surface area (Å²) in [7, 11) is 0. The Labute approximate surface area is 362 Å². The minimum absolute atomic E-state index is 0.0896. The number of carbonyl (C=O) groups is 3. The zero-order valence-electron chi connectivity index (χ0n) is 38.0. The third-order valence-corrected chi connectivity index (χ3v) is 9.56. The number of rotatable bonds is 41. The Morgan fingerprint density at radius 2 is 0.746 bits per heavy atom. The second-order valence-corrected chi connectivity index (χ2v) is 15.3. The summed E-state index contributed by atoms with van der Waals surface area (Å²) in [4.78, 5) is 37.7. The molecule has 0 heterocycles. The highest BCUT2D eigenvalue weighted by Crippen LogP contribution is 2.12. The van der Waals surface area contributed by atoms with Crippen LogP contribution < -0.4 is 0 Å². The molecule has 0 radical (unpaired) electrons. The fourth-order valence-corrected chi connectivity index (χ4v) is 6.02. The number of allylic oxidation sites excluding steroid dienone is 15. The van der Waals surface area contributed by atoms with Gasteiger partial charge in [0.05, 0.1) is 6.42 Å². The van der Waals surface area contributed by atoms with Gasteiger partial charge >= 0.3 is 17.9 Å². The Morgan fingerprint density at radius 1 is 0.373 bits per heavy atom. The molecule has 334 valence electrons. The smallest absolute Gasteiger partial charge is 0.310 e. The van der Waals surface area contributed by atoms with Crippen molar-refractivity contribution in [3.05, 3.63) is 97.2 Å². The van der Waals surface area contributed by atoms with Crippen LogP contribution in [0.3, 0.4) is 0 Å². The molecule has 0 aromatic rings. The average molecular weight is 819 g/mol. The first-order chi connectivity index (χ1) is 29.0. The van der Waals surface area contributed by atoms with E-state index in [9.17, 15) is 14.4 Å². The molecule has 0 fully saturated rings. The van der Waals surface area contributed by atoms with E-state index in [-0.39, 0.29) is 31.6 Å². The molecule has 0 saturated heterocycles. The van der Waals surface area contributed by atoms with E-state index in [1.165, 1.54) is 44.9 Å². The molecule has 1 unspecified atom stereocenters. The zero-order chi connectivity index (χ0) is 43.0. The van der Waals surface area contributed by atoms with Gasteiger partial charge in [0.25, 0.3) is 0 Å². The van der Waals surface area contributed by atoms with Crippen LogP contribution in [0, 0.1) is 0 Å². The molecule has 6 nitrogen and oxygen atoms in total. The lowest BCUT2D eigenvalue weighted by Crippen LogP contribution is -2.30. The predicted octanol–water partition coefficient (Wildman–Crippen LogP) is 15.4. The van der Waals surface area contributed by atoms with Crippen molar-refractivity contribution in [2.75, 3.05) is 13.2 Å². The maximum atomic E-state index is 12.7. The molecule has 6 heteroatoms. The van der Waals surface area contributed by atoms with E-state index >= 15 is 0 Å². The molecule has 0 N–H and O–H groups in total. The van der Waals surface area contributed by atoms with Crippen LogP contribution in [0.1, 0.15) is 201 Å². The van der Waals surface area contributed by atoms with Crippen molar-refractivity contribution >= 4 is 17.9 Å². The van der Waals surface area contributed by atoms with Gasteiger partial charge in [-0.3, -0.25) is 14.4 Å². The van der Waals surface area contributed by atoms with Crippen molar-refractivity contribution in [3.8, 4) is 0 Å². The fourth-order valence-electron chi connectivity index (χ4n) is 6.02. The van der Waals surface area contributed by atoms with Gasteiger partial charge in [-0.2, -0.15) is 0 Å². The van der Waals surface area contributed by atoms with Gasteiger partial charge in [0, 0.05) is 12.8 Å². The van der Waals surface area contributed by atoms with Crippen molar-refractivity contribution in [3.63, 3.8) is 0 Å². The summed E-state index contributed by atoms with van der Waals surface area (Å²) in [6.45, 7) is 6.31. The van der Waals surface area contributed by atoms with Gasteiger partial charge in [-0.05, 0) is 96.3 Å². The van der Waals surface area contributed by atoms with Crippen LogP contribution in [0.15, 0.2) is 97.2 Å². The number of ether oxygens (including phenoxy) is 3. The van der Waals surface area contributed by atoms with Crippen molar-refractivity contribution < 1.29 is 28.6 Å². The second-order valence-electron chi connectivity index (χ2n) is 15.3. The highest BCUT2D eigenvalue weighted by atomic mass is 16.6. The van der Waals surface area contributed by atoms with Crippen LogP contribution >= 0.6 is 0 Å². The van der Waals surface area contributed by atoms with E-state index in [4.69, 9.17) is 14.2 Å². The maximum absolute atomic E-state index is 12.7. The van der Waals surface area contributed by atoms with Crippen molar-refractivity contribution in [1.82, 2.24) is 0 Å². The third kappa shape index (κ3) is 45.3. The van der Waals surface area contributed by atoms with Gasteiger partial charge < -0.3 is 14.2 Å². The molecule has 0 bridgehead atoms. The van der Waals surface area contributed by atoms with Crippen LogP contribution in [-0.4, -0.2) is 37.2 Å². The number of hydrogen-bond donors (Lipinski definition) is 0. The topological polar surface area (TPSA) is 78.9 Å². The summed E-state index contributed by atoms with van der Waals surface area (Å²) in [6, 6.07) is 0. The summed E-state index contributed by atoms with van der Waals surface area (Å²) in [5.74, 6) is -1.09. The molecule has 0 aliphatic rings. The van der Waals surface area contributed by atoms with E-state index in [1.54, 1.807) is 6.08 Å². The van der Waals surface area contributed by atoms with E-state index in [1.807, 2.05) is 6.08 Å². The summed E-state index contributed by atoms with van der Waals surface area (Å²) >= 11 is 0. The standard InChI is InChI=1S/C53H86O6/c1-4-7-10-13-16-19-22-24-26-28-29-31-34-37-40-43-46-52(55)58-49-50(48-57-51(54)45-42-39-36-33-21-18-15-12-9-6-3)59-53(56)47-44-41-38-35-32-30-27-25-23-20-17-14-11-8-5-2/h8,11-12,15,17,19-20,22,25-28,32,35,41,44,50H,4-7,9-10,13-14,16,18,21,23-24,29-31,33-34,36-40,42-43,45-49H2,1-3H3/b11-8-,15-12-,20-17-,22-19-,27-25-,28-26-,35-32-,44-41-. The predicted molar refractivity (Wildman–Crippen MR) is 251 cm³/mol. The Hall–Kier alpha value is -3.67. The monoisotopic (exact) mass is 819 g/mol. The molecule has 0 aromatic heterocycles. The van der Waals surface area contributed by atoms with Crippen molar-refractivity contribution in [1.29, 1.82) is 0 Å². The molecule has 0 spiro atoms.